The summed E-state index contributed by atoms with van der Waals surface area (Å²) in [6, 6.07) is 5.99. The molecule has 0 aliphatic rings. The highest BCUT2D eigenvalue weighted by Crippen LogP contribution is 2.32. The Hall–Kier alpha value is -2.25. The maximum absolute atomic E-state index is 13.1. The van der Waals surface area contributed by atoms with Crippen molar-refractivity contribution in [3.05, 3.63) is 41.2 Å². The summed E-state index contributed by atoms with van der Waals surface area (Å²) in [5.74, 6) is -0.0582. The number of carbonyl (C=O) groups excluding carboxylic acids is 1. The van der Waals surface area contributed by atoms with Gasteiger partial charge in [0.2, 0.25) is 0 Å². The summed E-state index contributed by atoms with van der Waals surface area (Å²) in [4.78, 5) is 21.8. The number of carbonyl (C=O) groups is 1. The van der Waals surface area contributed by atoms with Crippen LogP contribution in [0.1, 0.15) is 28.0 Å². The second kappa shape index (κ2) is 7.55. The molecule has 0 spiro atoms. The summed E-state index contributed by atoms with van der Waals surface area (Å²) in [5.41, 5.74) is 3.91. The Morgan fingerprint density at radius 1 is 1.23 bits per heavy atom. The number of thiazole rings is 1. The molecule has 6 nitrogen and oxygen atoms in total. The average Bonchev–Trinajstić information content (AvgIpc) is 3.17. The zero-order valence-electron chi connectivity index (χ0n) is 16.0. The Kier molecular flexibility index (Phi) is 5.38. The summed E-state index contributed by atoms with van der Waals surface area (Å²) < 4.78 is 2.75. The second-order valence-electron chi connectivity index (χ2n) is 6.88. The average molecular weight is 372 g/mol. The van der Waals surface area contributed by atoms with Crippen LogP contribution in [0.2, 0.25) is 0 Å². The largest absolute Gasteiger partial charge is 0.309 e. The van der Waals surface area contributed by atoms with Crippen LogP contribution in [0, 0.1) is 13.8 Å². The van der Waals surface area contributed by atoms with Gasteiger partial charge in [0.15, 0.2) is 5.13 Å². The SMILES string of the molecule is Cc1cc(C)c2sc(N(CCCN(C)C)C(=O)c3ccnn3C)nc2c1. The van der Waals surface area contributed by atoms with Gasteiger partial charge in [0.05, 0.1) is 10.2 Å². The van der Waals surface area contributed by atoms with E-state index in [1.54, 1.807) is 40.2 Å². The van der Waals surface area contributed by atoms with Crippen LogP contribution in [0.15, 0.2) is 24.4 Å². The molecule has 138 valence electrons. The number of benzene rings is 1. The van der Waals surface area contributed by atoms with Gasteiger partial charge in [-0.15, -0.1) is 0 Å². The highest BCUT2D eigenvalue weighted by molar-refractivity contribution is 7.22. The molecule has 0 saturated heterocycles. The molecule has 1 amide bonds. The first-order valence-corrected chi connectivity index (χ1v) is 9.51. The van der Waals surface area contributed by atoms with Gasteiger partial charge in [0, 0.05) is 19.8 Å². The zero-order chi connectivity index (χ0) is 18.8. The number of fused-ring (bicyclic) bond motifs is 1. The maximum atomic E-state index is 13.1. The van der Waals surface area contributed by atoms with Gasteiger partial charge < -0.3 is 4.90 Å². The summed E-state index contributed by atoms with van der Waals surface area (Å²) >= 11 is 1.58. The van der Waals surface area contributed by atoms with Crippen LogP contribution in [-0.4, -0.2) is 52.8 Å². The van der Waals surface area contributed by atoms with E-state index < -0.39 is 0 Å². The van der Waals surface area contributed by atoms with Crippen LogP contribution in [0.5, 0.6) is 0 Å². The summed E-state index contributed by atoms with van der Waals surface area (Å²) in [6.07, 6.45) is 2.53. The van der Waals surface area contributed by atoms with E-state index >= 15 is 0 Å². The van der Waals surface area contributed by atoms with E-state index in [0.717, 1.165) is 28.3 Å². The predicted molar refractivity (Wildman–Crippen MR) is 107 cm³/mol. The molecule has 0 aliphatic carbocycles. The number of anilines is 1. The smallest absolute Gasteiger partial charge is 0.278 e. The molecule has 3 rings (SSSR count). The number of hydrogen-bond donors (Lipinski definition) is 0. The fourth-order valence-corrected chi connectivity index (χ4v) is 4.07. The lowest BCUT2D eigenvalue weighted by Crippen LogP contribution is -2.34. The molecule has 2 heterocycles. The van der Waals surface area contributed by atoms with Gasteiger partial charge in [-0.2, -0.15) is 5.10 Å². The molecule has 26 heavy (non-hydrogen) atoms. The first-order valence-electron chi connectivity index (χ1n) is 8.69. The van der Waals surface area contributed by atoms with Crippen molar-refractivity contribution >= 4 is 32.6 Å². The summed E-state index contributed by atoms with van der Waals surface area (Å²) in [7, 11) is 5.87. The van der Waals surface area contributed by atoms with Gasteiger partial charge in [-0.25, -0.2) is 4.98 Å². The second-order valence-corrected chi connectivity index (χ2v) is 7.86. The van der Waals surface area contributed by atoms with E-state index in [4.69, 9.17) is 4.98 Å². The van der Waals surface area contributed by atoms with Crippen LogP contribution in [-0.2, 0) is 7.05 Å². The van der Waals surface area contributed by atoms with Crippen molar-refractivity contribution in [1.29, 1.82) is 0 Å². The first-order chi connectivity index (χ1) is 12.4. The molecule has 0 radical (unpaired) electrons. The van der Waals surface area contributed by atoms with Gasteiger partial charge in [0.25, 0.3) is 5.91 Å². The van der Waals surface area contributed by atoms with Gasteiger partial charge in [-0.1, -0.05) is 17.4 Å². The van der Waals surface area contributed by atoms with Crippen molar-refractivity contribution in [3.63, 3.8) is 0 Å². The highest BCUT2D eigenvalue weighted by Gasteiger charge is 2.23. The molecule has 1 aromatic carbocycles. The van der Waals surface area contributed by atoms with E-state index in [0.29, 0.717) is 12.2 Å². The minimum Gasteiger partial charge on any atom is -0.309 e. The molecular formula is C19H25N5OS. The van der Waals surface area contributed by atoms with Crippen LogP contribution in [0.25, 0.3) is 10.2 Å². The molecular weight excluding hydrogens is 346 g/mol. The summed E-state index contributed by atoms with van der Waals surface area (Å²) in [6.45, 7) is 5.70. The summed E-state index contributed by atoms with van der Waals surface area (Å²) in [5, 5.41) is 4.88. The number of aryl methyl sites for hydroxylation is 3. The third kappa shape index (κ3) is 3.78. The van der Waals surface area contributed by atoms with E-state index in [1.165, 1.54) is 11.1 Å². The van der Waals surface area contributed by atoms with Crippen molar-refractivity contribution in [3.8, 4) is 0 Å². The van der Waals surface area contributed by atoms with Gasteiger partial charge in [-0.05, 0) is 64.2 Å². The Morgan fingerprint density at radius 2 is 2.00 bits per heavy atom. The fourth-order valence-electron chi connectivity index (χ4n) is 3.03. The van der Waals surface area contributed by atoms with Crippen molar-refractivity contribution in [1.82, 2.24) is 19.7 Å². The molecule has 3 aromatic rings. The number of amides is 1. The predicted octanol–water partition coefficient (Wildman–Crippen LogP) is 3.25. The standard InChI is InChI=1S/C19H25N5OS/c1-13-11-14(2)17-15(12-13)21-19(26-17)24(10-6-9-22(3)4)18(25)16-7-8-20-23(16)5/h7-8,11-12H,6,9-10H2,1-5H3. The number of hydrogen-bond acceptors (Lipinski definition) is 5. The lowest BCUT2D eigenvalue weighted by atomic mass is 10.1. The van der Waals surface area contributed by atoms with Crippen molar-refractivity contribution in [2.24, 2.45) is 7.05 Å². The monoisotopic (exact) mass is 371 g/mol. The third-order valence-corrected chi connectivity index (χ3v) is 5.54. The van der Waals surface area contributed by atoms with E-state index in [2.05, 4.69) is 36.0 Å². The van der Waals surface area contributed by atoms with E-state index in [9.17, 15) is 4.79 Å². The van der Waals surface area contributed by atoms with Crippen molar-refractivity contribution < 1.29 is 4.79 Å². The quantitative estimate of drug-likeness (QED) is 0.667. The molecule has 2 aromatic heterocycles. The molecule has 7 heteroatoms. The zero-order valence-corrected chi connectivity index (χ0v) is 16.8. The van der Waals surface area contributed by atoms with Gasteiger partial charge >= 0.3 is 0 Å². The maximum Gasteiger partial charge on any atom is 0.278 e. The molecule has 0 atom stereocenters. The number of nitrogens with zero attached hydrogens (tertiary/aromatic N) is 5. The van der Waals surface area contributed by atoms with Crippen molar-refractivity contribution in [2.75, 3.05) is 32.1 Å². The molecule has 0 unspecified atom stereocenters. The molecule has 0 fully saturated rings. The van der Waals surface area contributed by atoms with Gasteiger partial charge in [0.1, 0.15) is 5.69 Å². The molecule has 0 bridgehead atoms. The molecule has 0 aliphatic heterocycles. The number of rotatable bonds is 6. The highest BCUT2D eigenvalue weighted by atomic mass is 32.1. The lowest BCUT2D eigenvalue weighted by Gasteiger charge is -2.20. The Balaban J connectivity index is 1.98. The van der Waals surface area contributed by atoms with Crippen LogP contribution in [0.3, 0.4) is 0 Å². The molecule has 0 N–H and O–H groups in total. The third-order valence-electron chi connectivity index (χ3n) is 4.31. The van der Waals surface area contributed by atoms with Crippen LogP contribution < -0.4 is 4.90 Å². The Bertz CT molecular complexity index is 927. The first kappa shape index (κ1) is 18.5. The van der Waals surface area contributed by atoms with Crippen LogP contribution in [0.4, 0.5) is 5.13 Å². The van der Waals surface area contributed by atoms with Gasteiger partial charge in [-0.3, -0.25) is 14.4 Å². The lowest BCUT2D eigenvalue weighted by molar-refractivity contribution is 0.0977. The Morgan fingerprint density at radius 3 is 2.65 bits per heavy atom. The molecule has 0 saturated carbocycles. The van der Waals surface area contributed by atoms with Crippen LogP contribution >= 0.6 is 11.3 Å². The Labute approximate surface area is 158 Å². The topological polar surface area (TPSA) is 54.3 Å². The van der Waals surface area contributed by atoms with E-state index in [-0.39, 0.29) is 5.91 Å². The fraction of sp³-hybridized carbons (Fsp3) is 0.421. The van der Waals surface area contributed by atoms with E-state index in [1.807, 2.05) is 14.1 Å². The normalized spacial score (nSPS) is 11.5. The minimum atomic E-state index is -0.0582. The minimum absolute atomic E-state index is 0.0582. The van der Waals surface area contributed by atoms with Crippen molar-refractivity contribution in [2.45, 2.75) is 20.3 Å². The number of aromatic nitrogens is 3.